The minimum Gasteiger partial charge on any atom is -0.467 e. The Bertz CT molecular complexity index is 2120. The van der Waals surface area contributed by atoms with E-state index in [0.717, 1.165) is 12.7 Å². The van der Waals surface area contributed by atoms with Crippen molar-refractivity contribution in [2.45, 2.75) is 188 Å². The van der Waals surface area contributed by atoms with Crippen LogP contribution in [-0.2, 0) is 64.0 Å². The standard InChI is InChI=1S/C48H78N10O14/c1-27(33(59)55-45(8,9)38(64)52-29(3)35(61)58-48(14,15)41(67)70-16)50-37(63)32(24-20-21-25-49-42(68)71-26-31-22-18-17-19-23-31)54-40(66)47(12,13)56-34(60)28(2)51-39(65)46(10,11)57-36(62)30(4)53-43(69)72-44(5,6)7/h17-19,22-23,27-30,32H,20-21,24-26H2,1-16H3,(H,49,68)(H,50,63)(H,51,65)(H,52,64)(H,53,69)(H,54,66)(H,55,59)(H,56,60)(H,57,62)(H,58,61)/t27-,28-,29-,30-,32-/m0/s1. The van der Waals surface area contributed by atoms with Gasteiger partial charge in [-0.2, -0.15) is 0 Å². The summed E-state index contributed by atoms with van der Waals surface area (Å²) in [6.07, 6.45) is -0.952. The number of benzene rings is 1. The zero-order valence-corrected chi connectivity index (χ0v) is 44.5. The topological polar surface area (TPSA) is 336 Å². The first-order valence-corrected chi connectivity index (χ1v) is 23.5. The molecule has 24 nitrogen and oxygen atoms in total. The van der Waals surface area contributed by atoms with Gasteiger partial charge in [-0.05, 0) is 129 Å². The maximum Gasteiger partial charge on any atom is 0.408 e. The van der Waals surface area contributed by atoms with E-state index in [1.807, 2.05) is 6.07 Å². The van der Waals surface area contributed by atoms with Gasteiger partial charge in [-0.3, -0.25) is 38.4 Å². The molecule has 1 rings (SSSR count). The van der Waals surface area contributed by atoms with Crippen LogP contribution in [0.4, 0.5) is 9.59 Å². The van der Waals surface area contributed by atoms with Crippen molar-refractivity contribution in [1.29, 1.82) is 0 Å². The number of alkyl carbamates (subject to hydrolysis) is 2. The van der Waals surface area contributed by atoms with Gasteiger partial charge in [0.25, 0.3) is 0 Å². The van der Waals surface area contributed by atoms with Gasteiger partial charge in [0.15, 0.2) is 0 Å². The van der Waals surface area contributed by atoms with Crippen LogP contribution in [0.15, 0.2) is 30.3 Å². The summed E-state index contributed by atoms with van der Waals surface area (Å²) < 4.78 is 15.1. The lowest BCUT2D eigenvalue weighted by molar-refractivity contribution is -0.149. The van der Waals surface area contributed by atoms with E-state index in [-0.39, 0.29) is 26.0 Å². The highest BCUT2D eigenvalue weighted by Gasteiger charge is 2.39. The monoisotopic (exact) mass is 1020 g/mol. The van der Waals surface area contributed by atoms with Gasteiger partial charge in [-0.1, -0.05) is 30.3 Å². The third-order valence-electron chi connectivity index (χ3n) is 10.5. The summed E-state index contributed by atoms with van der Waals surface area (Å²) in [5, 5.41) is 25.2. The molecule has 0 radical (unpaired) electrons. The normalized spacial score (nSPS) is 13.9. The van der Waals surface area contributed by atoms with Crippen molar-refractivity contribution in [2.75, 3.05) is 13.7 Å². The van der Waals surface area contributed by atoms with E-state index in [0.29, 0.717) is 6.42 Å². The third kappa shape index (κ3) is 22.0. The minimum absolute atomic E-state index is 0.0174. The Morgan fingerprint density at radius 3 is 1.32 bits per heavy atom. The van der Waals surface area contributed by atoms with Gasteiger partial charge < -0.3 is 67.4 Å². The van der Waals surface area contributed by atoms with Crippen molar-refractivity contribution in [2.24, 2.45) is 0 Å². The predicted molar refractivity (Wildman–Crippen MR) is 263 cm³/mol. The van der Waals surface area contributed by atoms with Crippen LogP contribution < -0.4 is 53.2 Å². The van der Waals surface area contributed by atoms with Crippen molar-refractivity contribution >= 4 is 65.4 Å². The summed E-state index contributed by atoms with van der Waals surface area (Å²) in [4.78, 5) is 143. The second kappa shape index (κ2) is 27.0. The van der Waals surface area contributed by atoms with Crippen LogP contribution in [0.5, 0.6) is 0 Å². The molecule has 0 aliphatic rings. The predicted octanol–water partition coefficient (Wildman–Crippen LogP) is 0.747. The summed E-state index contributed by atoms with van der Waals surface area (Å²) in [6.45, 7) is 21.6. The largest absolute Gasteiger partial charge is 0.467 e. The Labute approximate surface area is 421 Å². The molecule has 10 N–H and O–H groups in total. The molecule has 0 aliphatic carbocycles. The first kappa shape index (κ1) is 63.0. The van der Waals surface area contributed by atoms with Crippen LogP contribution >= 0.6 is 0 Å². The van der Waals surface area contributed by atoms with Gasteiger partial charge >= 0.3 is 18.2 Å². The van der Waals surface area contributed by atoms with Gasteiger partial charge in [0.05, 0.1) is 7.11 Å². The van der Waals surface area contributed by atoms with E-state index < -0.39 is 123 Å². The van der Waals surface area contributed by atoms with E-state index in [4.69, 9.17) is 14.2 Å². The highest BCUT2D eigenvalue weighted by atomic mass is 16.6. The fourth-order valence-electron chi connectivity index (χ4n) is 6.00. The second-order valence-corrected chi connectivity index (χ2v) is 20.4. The number of methoxy groups -OCH3 is 1. The Kier molecular flexibility index (Phi) is 23.6. The molecule has 72 heavy (non-hydrogen) atoms. The molecule has 0 spiro atoms. The number of hydrogen-bond acceptors (Lipinski definition) is 14. The summed E-state index contributed by atoms with van der Waals surface area (Å²) >= 11 is 0. The lowest BCUT2D eigenvalue weighted by Gasteiger charge is -2.31. The van der Waals surface area contributed by atoms with Gasteiger partial charge in [0.2, 0.25) is 47.3 Å². The number of carbonyl (C=O) groups is 11. The number of ether oxygens (including phenoxy) is 3. The molecular formula is C48H78N10O14. The minimum atomic E-state index is -1.71. The summed E-state index contributed by atoms with van der Waals surface area (Å²) in [6, 6.07) is 2.93. The van der Waals surface area contributed by atoms with Crippen molar-refractivity contribution in [3.63, 3.8) is 0 Å². The van der Waals surface area contributed by atoms with Crippen LogP contribution in [0.3, 0.4) is 0 Å². The SMILES string of the molecule is COC(=O)C(C)(C)NC(=O)[C@H](C)NC(=O)C(C)(C)NC(=O)[C@H](C)NC(=O)[C@H](CCCCNC(=O)OCc1ccccc1)NC(=O)C(C)(C)NC(=O)[C@H](C)NC(=O)C(C)(C)NC(=O)[C@H](C)NC(=O)OC(C)(C)C. The average molecular weight is 1020 g/mol. The number of rotatable bonds is 25. The molecule has 0 heterocycles. The number of esters is 1. The van der Waals surface area contributed by atoms with E-state index in [2.05, 4.69) is 53.2 Å². The maximum absolute atomic E-state index is 13.8. The first-order valence-electron chi connectivity index (χ1n) is 23.5. The highest BCUT2D eigenvalue weighted by Crippen LogP contribution is 2.12. The molecule has 404 valence electrons. The Morgan fingerprint density at radius 1 is 0.486 bits per heavy atom. The van der Waals surface area contributed by atoms with Crippen LogP contribution in [0, 0.1) is 0 Å². The first-order chi connectivity index (χ1) is 32.9. The number of amides is 10. The van der Waals surface area contributed by atoms with E-state index in [1.54, 1.807) is 45.0 Å². The second-order valence-electron chi connectivity index (χ2n) is 20.4. The van der Waals surface area contributed by atoms with E-state index >= 15 is 0 Å². The summed E-state index contributed by atoms with van der Waals surface area (Å²) in [7, 11) is 1.16. The Balaban J connectivity index is 3.09. The average Bonchev–Trinajstić information content (AvgIpc) is 3.26. The van der Waals surface area contributed by atoms with Crippen molar-refractivity contribution in [3.8, 4) is 0 Å². The number of nitrogens with one attached hydrogen (secondary N) is 10. The molecule has 0 bridgehead atoms. The van der Waals surface area contributed by atoms with Crippen molar-refractivity contribution in [1.82, 2.24) is 53.2 Å². The van der Waals surface area contributed by atoms with Crippen LogP contribution in [0.1, 0.15) is 129 Å². The van der Waals surface area contributed by atoms with Gasteiger partial charge in [-0.25, -0.2) is 14.4 Å². The Morgan fingerprint density at radius 2 is 0.889 bits per heavy atom. The molecule has 0 aromatic heterocycles. The molecule has 0 fully saturated rings. The number of unbranched alkanes of at least 4 members (excludes halogenated alkanes) is 1. The molecule has 1 aromatic carbocycles. The van der Waals surface area contributed by atoms with E-state index in [1.165, 1.54) is 83.1 Å². The Hall–Kier alpha value is -7.01. The summed E-state index contributed by atoms with van der Waals surface area (Å²) in [5.41, 5.74) is -6.36. The molecule has 0 saturated heterocycles. The lowest BCUT2D eigenvalue weighted by Crippen LogP contribution is -2.64. The van der Waals surface area contributed by atoms with E-state index in [9.17, 15) is 52.7 Å². The van der Waals surface area contributed by atoms with Crippen molar-refractivity contribution < 1.29 is 67.0 Å². The fourth-order valence-corrected chi connectivity index (χ4v) is 6.00. The summed E-state index contributed by atoms with van der Waals surface area (Å²) in [5.74, 6) is -6.96. The van der Waals surface area contributed by atoms with Gasteiger partial charge in [0, 0.05) is 6.54 Å². The molecule has 1 aromatic rings. The third-order valence-corrected chi connectivity index (χ3v) is 10.5. The quantitative estimate of drug-likeness (QED) is 0.0367. The van der Waals surface area contributed by atoms with Crippen molar-refractivity contribution in [3.05, 3.63) is 35.9 Å². The highest BCUT2D eigenvalue weighted by molar-refractivity contribution is 6.00. The molecule has 10 amide bonds. The molecular weight excluding hydrogens is 941 g/mol. The zero-order chi connectivity index (χ0) is 55.6. The molecule has 5 atom stereocenters. The van der Waals surface area contributed by atoms with Gasteiger partial charge in [0.1, 0.15) is 64.6 Å². The lowest BCUT2D eigenvalue weighted by atomic mass is 10.0. The van der Waals surface area contributed by atoms with Gasteiger partial charge in [-0.15, -0.1) is 0 Å². The zero-order valence-electron chi connectivity index (χ0n) is 44.5. The van der Waals surface area contributed by atoms with Crippen LogP contribution in [0.2, 0.25) is 0 Å². The van der Waals surface area contributed by atoms with Crippen LogP contribution in [0.25, 0.3) is 0 Å². The smallest absolute Gasteiger partial charge is 0.408 e. The number of carbonyl (C=O) groups excluding carboxylic acids is 11. The van der Waals surface area contributed by atoms with Crippen LogP contribution in [-0.4, -0.2) is 137 Å². The molecule has 0 aliphatic heterocycles. The molecule has 0 unspecified atom stereocenters. The molecule has 24 heteroatoms. The number of hydrogen-bond donors (Lipinski definition) is 10. The fraction of sp³-hybridized carbons (Fsp3) is 0.646. The maximum atomic E-state index is 13.8. The molecule has 0 saturated carbocycles.